The third kappa shape index (κ3) is 4.80. The first-order valence-electron chi connectivity index (χ1n) is 11.4. The Morgan fingerprint density at radius 1 is 1.18 bits per heavy atom. The van der Waals surface area contributed by atoms with E-state index < -0.39 is 15.9 Å². The summed E-state index contributed by atoms with van der Waals surface area (Å²) < 4.78 is 31.7. The lowest BCUT2D eigenvalue weighted by Crippen LogP contribution is -2.26. The van der Waals surface area contributed by atoms with Crippen molar-refractivity contribution in [2.75, 3.05) is 5.32 Å². The van der Waals surface area contributed by atoms with Crippen molar-refractivity contribution in [3.05, 3.63) is 41.0 Å². The van der Waals surface area contributed by atoms with Crippen molar-refractivity contribution >= 4 is 38.8 Å². The van der Waals surface area contributed by atoms with Crippen molar-refractivity contribution in [3.63, 3.8) is 0 Å². The third-order valence-corrected chi connectivity index (χ3v) is 9.84. The van der Waals surface area contributed by atoms with Crippen LogP contribution in [-0.4, -0.2) is 41.0 Å². The summed E-state index contributed by atoms with van der Waals surface area (Å²) in [6, 6.07) is 7.25. The highest BCUT2D eigenvalue weighted by Crippen LogP contribution is 2.43. The summed E-state index contributed by atoms with van der Waals surface area (Å²) in [6.07, 6.45) is 5.65. The topological polar surface area (TPSA) is 140 Å². The highest BCUT2D eigenvalue weighted by molar-refractivity contribution is 7.92. The van der Waals surface area contributed by atoms with Crippen LogP contribution in [0.15, 0.2) is 35.4 Å². The van der Waals surface area contributed by atoms with Gasteiger partial charge in [0, 0.05) is 34.1 Å². The van der Waals surface area contributed by atoms with Gasteiger partial charge in [0.1, 0.15) is 11.1 Å². The van der Waals surface area contributed by atoms with E-state index in [1.54, 1.807) is 6.07 Å². The minimum absolute atomic E-state index is 0.130. The maximum Gasteiger partial charge on any atom is 0.404 e. The molecule has 0 atom stereocenters. The number of rotatable bonds is 7. The number of nitrogens with two attached hydrogens (primary N) is 1. The molecule has 0 unspecified atom stereocenters. The van der Waals surface area contributed by atoms with E-state index in [4.69, 9.17) is 10.5 Å². The Labute approximate surface area is 202 Å². The number of carbonyl (C=O) groups is 1. The van der Waals surface area contributed by atoms with E-state index in [1.165, 1.54) is 11.3 Å². The average molecular weight is 502 g/mol. The lowest BCUT2D eigenvalue weighted by atomic mass is 9.87. The van der Waals surface area contributed by atoms with E-state index >= 15 is 0 Å². The molecule has 34 heavy (non-hydrogen) atoms. The number of nitrogens with zero attached hydrogens (tertiary/aromatic N) is 2. The van der Waals surface area contributed by atoms with Crippen molar-refractivity contribution < 1.29 is 17.9 Å². The summed E-state index contributed by atoms with van der Waals surface area (Å²) in [4.78, 5) is 17.0. The number of thiazole rings is 1. The molecule has 2 heterocycles. The highest BCUT2D eigenvalue weighted by atomic mass is 32.2. The van der Waals surface area contributed by atoms with E-state index in [9.17, 15) is 13.2 Å². The van der Waals surface area contributed by atoms with Crippen molar-refractivity contribution in [2.45, 2.75) is 67.6 Å². The molecule has 11 heteroatoms. The van der Waals surface area contributed by atoms with Gasteiger partial charge in [0.25, 0.3) is 0 Å². The Morgan fingerprint density at radius 3 is 2.59 bits per heavy atom. The van der Waals surface area contributed by atoms with Gasteiger partial charge < -0.3 is 15.8 Å². The van der Waals surface area contributed by atoms with E-state index in [2.05, 4.69) is 20.5 Å². The molecular formula is C23H27N5O4S2. The van der Waals surface area contributed by atoms with Crippen LogP contribution >= 0.6 is 11.3 Å². The highest BCUT2D eigenvalue weighted by Gasteiger charge is 2.39. The fraction of sp³-hybridized carbons (Fsp3) is 0.435. The molecule has 1 aromatic carbocycles. The second-order valence-corrected chi connectivity index (χ2v) is 12.3. The number of aryl methyl sites for hydroxylation is 1. The molecule has 2 fully saturated rings. The molecule has 0 aliphatic heterocycles. The number of ether oxygens (including phenoxy) is 1. The predicted molar refractivity (Wildman–Crippen MR) is 130 cm³/mol. The first-order valence-corrected chi connectivity index (χ1v) is 13.7. The van der Waals surface area contributed by atoms with Gasteiger partial charge in [0.2, 0.25) is 0 Å². The number of carbonyl (C=O) groups excluding carboxylic acids is 1. The number of primary amides is 1. The fourth-order valence-corrected chi connectivity index (χ4v) is 7.50. The van der Waals surface area contributed by atoms with Gasteiger partial charge in [0.15, 0.2) is 15.7 Å². The molecule has 5 rings (SSSR count). The van der Waals surface area contributed by atoms with Gasteiger partial charge in [-0.15, -0.1) is 11.3 Å². The molecule has 2 aliphatic rings. The maximum atomic E-state index is 13.3. The second-order valence-electron chi connectivity index (χ2n) is 8.99. The molecule has 2 aliphatic carbocycles. The lowest BCUT2D eigenvalue weighted by molar-refractivity contribution is 0.0789. The zero-order chi connectivity index (χ0) is 23.9. The number of hydrogen-bond donors (Lipinski definition) is 3. The molecule has 9 nitrogen and oxygen atoms in total. The SMILES string of the molecule is Cc1cc(Nc2ccc(-c3ncc(C4CCC(OC(N)=O)CC4)s3)c(S(=O)(=O)C3CC3)c2)n[nH]1. The largest absolute Gasteiger partial charge is 0.446 e. The minimum Gasteiger partial charge on any atom is -0.446 e. The Hall–Kier alpha value is -2.92. The van der Waals surface area contributed by atoms with Crippen molar-refractivity contribution in [1.29, 1.82) is 0 Å². The summed E-state index contributed by atoms with van der Waals surface area (Å²) >= 11 is 1.54. The predicted octanol–water partition coefficient (Wildman–Crippen LogP) is 4.64. The molecule has 0 saturated heterocycles. The van der Waals surface area contributed by atoms with Gasteiger partial charge in [-0.25, -0.2) is 18.2 Å². The summed E-state index contributed by atoms with van der Waals surface area (Å²) in [5.41, 5.74) is 7.35. The van der Waals surface area contributed by atoms with Gasteiger partial charge in [-0.2, -0.15) is 5.10 Å². The monoisotopic (exact) mass is 501 g/mol. The minimum atomic E-state index is -3.45. The Morgan fingerprint density at radius 2 is 1.94 bits per heavy atom. The number of aromatic nitrogens is 3. The molecule has 2 aromatic heterocycles. The molecule has 3 aromatic rings. The van der Waals surface area contributed by atoms with Crippen LogP contribution in [0.5, 0.6) is 0 Å². The zero-order valence-corrected chi connectivity index (χ0v) is 20.4. The molecule has 1 amide bonds. The number of anilines is 2. The molecule has 4 N–H and O–H groups in total. The molecule has 0 spiro atoms. The Balaban J connectivity index is 1.41. The Kier molecular flexibility index (Phi) is 6.07. The quantitative estimate of drug-likeness (QED) is 0.428. The van der Waals surface area contributed by atoms with Gasteiger partial charge in [-0.1, -0.05) is 0 Å². The van der Waals surface area contributed by atoms with Crippen LogP contribution < -0.4 is 11.1 Å². The number of aromatic amines is 1. The zero-order valence-electron chi connectivity index (χ0n) is 18.8. The number of benzene rings is 1. The first-order chi connectivity index (χ1) is 16.3. The summed E-state index contributed by atoms with van der Waals surface area (Å²) in [6.45, 7) is 1.90. The van der Waals surface area contributed by atoms with Gasteiger partial charge in [-0.05, 0) is 69.6 Å². The second kappa shape index (κ2) is 9.03. The average Bonchev–Trinajstić information content (AvgIpc) is 3.43. The van der Waals surface area contributed by atoms with E-state index in [0.29, 0.717) is 45.7 Å². The number of hydrogen-bond acceptors (Lipinski definition) is 8. The van der Waals surface area contributed by atoms with Crippen LogP contribution in [0.3, 0.4) is 0 Å². The van der Waals surface area contributed by atoms with Crippen LogP contribution in [0, 0.1) is 6.92 Å². The number of amides is 1. The van der Waals surface area contributed by atoms with Crippen LogP contribution in [0.25, 0.3) is 10.6 Å². The van der Waals surface area contributed by atoms with Crippen molar-refractivity contribution in [2.24, 2.45) is 5.73 Å². The van der Waals surface area contributed by atoms with Crippen molar-refractivity contribution in [1.82, 2.24) is 15.2 Å². The van der Waals surface area contributed by atoms with E-state index in [0.717, 1.165) is 36.3 Å². The first kappa shape index (κ1) is 22.9. The van der Waals surface area contributed by atoms with Crippen LogP contribution in [0.1, 0.15) is 55.0 Å². The Bertz CT molecular complexity index is 1300. The smallest absolute Gasteiger partial charge is 0.404 e. The molecule has 180 valence electrons. The van der Waals surface area contributed by atoms with E-state index in [-0.39, 0.29) is 11.4 Å². The van der Waals surface area contributed by atoms with Crippen LogP contribution in [0.2, 0.25) is 0 Å². The molecular weight excluding hydrogens is 474 g/mol. The number of sulfone groups is 1. The summed E-state index contributed by atoms with van der Waals surface area (Å²) in [5.74, 6) is 0.943. The van der Waals surface area contributed by atoms with Crippen molar-refractivity contribution in [3.8, 4) is 10.6 Å². The fourth-order valence-electron chi connectivity index (χ4n) is 4.43. The van der Waals surface area contributed by atoms with Gasteiger partial charge in [0.05, 0.1) is 10.1 Å². The third-order valence-electron chi connectivity index (χ3n) is 6.34. The normalized spacial score (nSPS) is 20.7. The lowest BCUT2D eigenvalue weighted by Gasteiger charge is -2.26. The molecule has 0 radical (unpaired) electrons. The summed E-state index contributed by atoms with van der Waals surface area (Å²) in [7, 11) is -3.45. The summed E-state index contributed by atoms with van der Waals surface area (Å²) in [5, 5.41) is 10.6. The number of H-pyrrole nitrogens is 1. The molecule has 2 saturated carbocycles. The van der Waals surface area contributed by atoms with Crippen LogP contribution in [0.4, 0.5) is 16.3 Å². The standard InChI is InChI=1S/C23H27N5O4S2/c1-13-10-21(28-27-13)26-15-4-9-18(20(11-15)34(30,31)17-7-8-17)22-25-12-19(33-22)14-2-5-16(6-3-14)32-23(24)29/h4,9-12,14,16-17H,2-3,5-8H2,1H3,(H2,24,29)(H2,26,27,28). The van der Waals surface area contributed by atoms with E-state index in [1.807, 2.05) is 31.3 Å². The maximum absolute atomic E-state index is 13.3. The number of nitrogens with one attached hydrogen (secondary N) is 2. The molecule has 0 bridgehead atoms. The van der Waals surface area contributed by atoms with Gasteiger partial charge >= 0.3 is 6.09 Å². The van der Waals surface area contributed by atoms with Gasteiger partial charge in [-0.3, -0.25) is 5.10 Å². The van der Waals surface area contributed by atoms with Crippen LogP contribution in [-0.2, 0) is 14.6 Å².